The van der Waals surface area contributed by atoms with Gasteiger partial charge in [0.1, 0.15) is 10.6 Å². The highest BCUT2D eigenvalue weighted by molar-refractivity contribution is 7.89. The number of anilines is 2. The van der Waals surface area contributed by atoms with Crippen LogP contribution >= 0.6 is 0 Å². The Morgan fingerprint density at radius 3 is 2.31 bits per heavy atom. The SMILES string of the molecule is CCN(CC)S(=O)(=O)c1cc(C(=O)Nc2ccccc2N2CCCCCC2)ccc1OC. The molecule has 8 heteroatoms. The van der Waals surface area contributed by atoms with Crippen LogP contribution in [0.4, 0.5) is 11.4 Å². The smallest absolute Gasteiger partial charge is 0.255 e. The van der Waals surface area contributed by atoms with Crippen molar-refractivity contribution in [3.8, 4) is 5.75 Å². The van der Waals surface area contributed by atoms with Gasteiger partial charge in [0.05, 0.1) is 18.5 Å². The molecule has 0 spiro atoms. The minimum absolute atomic E-state index is 0.00264. The Morgan fingerprint density at radius 1 is 1.03 bits per heavy atom. The van der Waals surface area contributed by atoms with E-state index in [0.717, 1.165) is 37.3 Å². The average Bonchev–Trinajstić information content (AvgIpc) is 3.09. The van der Waals surface area contributed by atoms with E-state index in [2.05, 4.69) is 10.2 Å². The van der Waals surface area contributed by atoms with Gasteiger partial charge in [-0.3, -0.25) is 4.79 Å². The molecule has 3 rings (SSSR count). The second kappa shape index (κ2) is 10.8. The Kier molecular flexibility index (Phi) is 8.15. The van der Waals surface area contributed by atoms with Gasteiger partial charge in [-0.15, -0.1) is 0 Å². The minimum atomic E-state index is -3.78. The molecule has 2 aromatic rings. The summed E-state index contributed by atoms with van der Waals surface area (Å²) in [6.07, 6.45) is 4.71. The quantitative estimate of drug-likeness (QED) is 0.635. The maximum Gasteiger partial charge on any atom is 0.255 e. The van der Waals surface area contributed by atoms with Crippen molar-refractivity contribution in [2.24, 2.45) is 0 Å². The molecule has 0 atom stereocenters. The molecule has 1 amide bonds. The predicted molar refractivity (Wildman–Crippen MR) is 128 cm³/mol. The maximum atomic E-state index is 13.1. The molecule has 1 heterocycles. The second-order valence-corrected chi connectivity index (χ2v) is 9.73. The van der Waals surface area contributed by atoms with Crippen LogP contribution in [-0.2, 0) is 10.0 Å². The number of amides is 1. The summed E-state index contributed by atoms with van der Waals surface area (Å²) < 4.78 is 32.9. The van der Waals surface area contributed by atoms with Crippen molar-refractivity contribution in [3.05, 3.63) is 48.0 Å². The Labute approximate surface area is 191 Å². The number of sulfonamides is 1. The van der Waals surface area contributed by atoms with Gasteiger partial charge in [-0.25, -0.2) is 8.42 Å². The van der Waals surface area contributed by atoms with Gasteiger partial charge in [0.2, 0.25) is 10.0 Å². The molecule has 1 saturated heterocycles. The second-order valence-electron chi connectivity index (χ2n) is 7.83. The highest BCUT2D eigenvalue weighted by atomic mass is 32.2. The fourth-order valence-corrected chi connectivity index (χ4v) is 5.72. The summed E-state index contributed by atoms with van der Waals surface area (Å²) in [5.74, 6) is -0.135. The van der Waals surface area contributed by atoms with Gasteiger partial charge < -0.3 is 15.0 Å². The summed E-state index contributed by atoms with van der Waals surface area (Å²) >= 11 is 0. The Morgan fingerprint density at radius 2 is 1.69 bits per heavy atom. The lowest BCUT2D eigenvalue weighted by Gasteiger charge is -2.25. The summed E-state index contributed by atoms with van der Waals surface area (Å²) in [4.78, 5) is 15.4. The molecule has 1 fully saturated rings. The zero-order valence-electron chi connectivity index (χ0n) is 19.1. The number of nitrogens with zero attached hydrogens (tertiary/aromatic N) is 2. The number of carbonyl (C=O) groups excluding carboxylic acids is 1. The predicted octanol–water partition coefficient (Wildman–Crippen LogP) is 4.36. The van der Waals surface area contributed by atoms with Crippen LogP contribution in [-0.4, -0.2) is 51.9 Å². The molecular weight excluding hydrogens is 426 g/mol. The number of nitrogens with one attached hydrogen (secondary N) is 1. The molecule has 0 aliphatic carbocycles. The summed E-state index contributed by atoms with van der Waals surface area (Å²) in [5, 5.41) is 2.99. The van der Waals surface area contributed by atoms with Crippen molar-refractivity contribution in [1.29, 1.82) is 0 Å². The highest BCUT2D eigenvalue weighted by Gasteiger charge is 2.27. The van der Waals surface area contributed by atoms with E-state index in [0.29, 0.717) is 13.1 Å². The normalized spacial score (nSPS) is 14.8. The molecule has 32 heavy (non-hydrogen) atoms. The maximum absolute atomic E-state index is 13.1. The lowest BCUT2D eigenvalue weighted by atomic mass is 10.1. The zero-order chi connectivity index (χ0) is 23.1. The molecule has 0 aromatic heterocycles. The molecule has 1 aliphatic rings. The van der Waals surface area contributed by atoms with E-state index >= 15 is 0 Å². The minimum Gasteiger partial charge on any atom is -0.495 e. The van der Waals surface area contributed by atoms with E-state index in [1.54, 1.807) is 19.9 Å². The van der Waals surface area contributed by atoms with Crippen molar-refractivity contribution < 1.29 is 17.9 Å². The van der Waals surface area contributed by atoms with Crippen LogP contribution in [0.15, 0.2) is 47.4 Å². The molecule has 0 saturated carbocycles. The van der Waals surface area contributed by atoms with Gasteiger partial charge >= 0.3 is 0 Å². The van der Waals surface area contributed by atoms with Crippen molar-refractivity contribution in [2.45, 2.75) is 44.4 Å². The largest absolute Gasteiger partial charge is 0.495 e. The first-order chi connectivity index (χ1) is 15.4. The lowest BCUT2D eigenvalue weighted by Crippen LogP contribution is -2.31. The van der Waals surface area contributed by atoms with E-state index < -0.39 is 10.0 Å². The van der Waals surface area contributed by atoms with Gasteiger partial charge in [0.15, 0.2) is 0 Å². The molecule has 1 N–H and O–H groups in total. The molecule has 0 unspecified atom stereocenters. The molecule has 0 bridgehead atoms. The van der Waals surface area contributed by atoms with Crippen LogP contribution in [0, 0.1) is 0 Å². The summed E-state index contributed by atoms with van der Waals surface area (Å²) in [7, 11) is -2.36. The van der Waals surface area contributed by atoms with E-state index in [4.69, 9.17) is 4.74 Å². The van der Waals surface area contributed by atoms with Crippen molar-refractivity contribution in [3.63, 3.8) is 0 Å². The van der Waals surface area contributed by atoms with Gasteiger partial charge in [0.25, 0.3) is 5.91 Å². The van der Waals surface area contributed by atoms with Gasteiger partial charge in [-0.2, -0.15) is 4.31 Å². The first-order valence-corrected chi connectivity index (χ1v) is 12.7. The number of benzene rings is 2. The van der Waals surface area contributed by atoms with Gasteiger partial charge in [-0.1, -0.05) is 38.8 Å². The number of ether oxygens (including phenoxy) is 1. The zero-order valence-corrected chi connectivity index (χ0v) is 20.0. The third kappa shape index (κ3) is 5.24. The van der Waals surface area contributed by atoms with Gasteiger partial charge in [-0.05, 0) is 43.2 Å². The van der Waals surface area contributed by atoms with Crippen molar-refractivity contribution >= 4 is 27.3 Å². The van der Waals surface area contributed by atoms with Crippen LogP contribution in [0.25, 0.3) is 0 Å². The Bertz CT molecular complexity index is 1030. The van der Waals surface area contributed by atoms with Crippen molar-refractivity contribution in [1.82, 2.24) is 4.31 Å². The van der Waals surface area contributed by atoms with E-state index in [-0.39, 0.29) is 22.1 Å². The van der Waals surface area contributed by atoms with Crippen LogP contribution in [0.2, 0.25) is 0 Å². The number of hydrogen-bond acceptors (Lipinski definition) is 5. The monoisotopic (exact) mass is 459 g/mol. The average molecular weight is 460 g/mol. The fourth-order valence-electron chi connectivity index (χ4n) is 4.08. The summed E-state index contributed by atoms with van der Waals surface area (Å²) in [6.45, 7) is 6.15. The topological polar surface area (TPSA) is 79.0 Å². The molecule has 2 aromatic carbocycles. The highest BCUT2D eigenvalue weighted by Crippen LogP contribution is 2.30. The first-order valence-electron chi connectivity index (χ1n) is 11.3. The fraction of sp³-hybridized carbons (Fsp3) is 0.458. The van der Waals surface area contributed by atoms with E-state index in [1.165, 1.54) is 36.4 Å². The lowest BCUT2D eigenvalue weighted by molar-refractivity contribution is 0.102. The third-order valence-electron chi connectivity index (χ3n) is 5.85. The van der Waals surface area contributed by atoms with Crippen LogP contribution in [0.3, 0.4) is 0 Å². The van der Waals surface area contributed by atoms with Crippen LogP contribution in [0.5, 0.6) is 5.75 Å². The van der Waals surface area contributed by atoms with Crippen LogP contribution in [0.1, 0.15) is 49.9 Å². The summed E-state index contributed by atoms with van der Waals surface area (Å²) in [5.41, 5.74) is 1.98. The Hall–Kier alpha value is -2.58. The number of rotatable bonds is 8. The Balaban J connectivity index is 1.91. The number of methoxy groups -OCH3 is 1. The molecule has 0 radical (unpaired) electrons. The third-order valence-corrected chi connectivity index (χ3v) is 7.92. The summed E-state index contributed by atoms with van der Waals surface area (Å²) in [6, 6.07) is 12.3. The first kappa shape index (κ1) is 24.1. The molecule has 1 aliphatic heterocycles. The molecule has 7 nitrogen and oxygen atoms in total. The number of para-hydroxylation sites is 2. The van der Waals surface area contributed by atoms with E-state index in [1.807, 2.05) is 24.3 Å². The number of hydrogen-bond donors (Lipinski definition) is 1. The van der Waals surface area contributed by atoms with Crippen molar-refractivity contribution in [2.75, 3.05) is 43.5 Å². The van der Waals surface area contributed by atoms with Gasteiger partial charge in [0, 0.05) is 31.7 Å². The number of carbonyl (C=O) groups is 1. The molecular formula is C24H33N3O4S. The van der Waals surface area contributed by atoms with Crippen LogP contribution < -0.4 is 15.0 Å². The van der Waals surface area contributed by atoms with E-state index in [9.17, 15) is 13.2 Å². The molecule has 174 valence electrons. The standard InChI is InChI=1S/C24H33N3O4S/c1-4-27(5-2)32(29,30)23-18-19(14-15-22(23)31-3)24(28)25-20-12-8-9-13-21(20)26-16-10-6-7-11-17-26/h8-9,12-15,18H,4-7,10-11,16-17H2,1-3H3,(H,25,28).